The van der Waals surface area contributed by atoms with E-state index >= 15 is 0 Å². The molecule has 2 aromatic rings. The SMILES string of the molecule is CSCC[C@H](Nc1nc(C)cc(C)n1)C(=O)N1CCN(c2ccccc2)CC1. The number of anilines is 2. The first-order valence-electron chi connectivity index (χ1n) is 9.73. The molecule has 1 aromatic heterocycles. The third kappa shape index (κ3) is 5.38. The van der Waals surface area contributed by atoms with E-state index in [1.807, 2.05) is 30.9 Å². The summed E-state index contributed by atoms with van der Waals surface area (Å²) in [6.45, 7) is 7.07. The van der Waals surface area contributed by atoms with E-state index in [1.54, 1.807) is 11.8 Å². The highest BCUT2D eigenvalue weighted by Crippen LogP contribution is 2.17. The quantitative estimate of drug-likeness (QED) is 0.772. The molecule has 3 rings (SSSR count). The summed E-state index contributed by atoms with van der Waals surface area (Å²) in [5.41, 5.74) is 3.03. The number of hydrogen-bond acceptors (Lipinski definition) is 6. The number of benzene rings is 1. The minimum absolute atomic E-state index is 0.143. The Hall–Kier alpha value is -2.28. The van der Waals surface area contributed by atoms with Crippen molar-refractivity contribution in [3.8, 4) is 0 Å². The van der Waals surface area contributed by atoms with E-state index in [4.69, 9.17) is 0 Å². The predicted octanol–water partition coefficient (Wildman–Crippen LogP) is 2.98. The van der Waals surface area contributed by atoms with Gasteiger partial charge in [0.05, 0.1) is 0 Å². The standard InChI is InChI=1S/C21H29N5OS/c1-16-15-17(2)23-21(22-16)24-19(9-14-28-3)20(27)26-12-10-25(11-13-26)18-7-5-4-6-8-18/h4-8,15,19H,9-14H2,1-3H3,(H,22,23,24)/t19-/m0/s1. The highest BCUT2D eigenvalue weighted by atomic mass is 32.2. The van der Waals surface area contributed by atoms with Crippen molar-refractivity contribution in [1.29, 1.82) is 0 Å². The fourth-order valence-electron chi connectivity index (χ4n) is 3.48. The lowest BCUT2D eigenvalue weighted by Gasteiger charge is -2.37. The molecule has 1 fully saturated rings. The number of carbonyl (C=O) groups is 1. The minimum Gasteiger partial charge on any atom is -0.368 e. The van der Waals surface area contributed by atoms with Gasteiger partial charge in [-0.15, -0.1) is 0 Å². The summed E-state index contributed by atoms with van der Waals surface area (Å²) in [5.74, 6) is 1.60. The average molecular weight is 400 g/mol. The summed E-state index contributed by atoms with van der Waals surface area (Å²) in [5, 5.41) is 3.30. The Labute approximate surface area is 171 Å². The van der Waals surface area contributed by atoms with E-state index in [-0.39, 0.29) is 11.9 Å². The molecule has 1 aliphatic rings. The molecule has 0 unspecified atom stereocenters. The lowest BCUT2D eigenvalue weighted by Crippen LogP contribution is -2.53. The molecule has 28 heavy (non-hydrogen) atoms. The number of hydrogen-bond donors (Lipinski definition) is 1. The van der Waals surface area contributed by atoms with Crippen LogP contribution in [0.3, 0.4) is 0 Å². The Morgan fingerprint density at radius 1 is 1.11 bits per heavy atom. The third-order valence-corrected chi connectivity index (χ3v) is 5.55. The third-order valence-electron chi connectivity index (χ3n) is 4.91. The number of nitrogens with zero attached hydrogens (tertiary/aromatic N) is 4. The average Bonchev–Trinajstić information content (AvgIpc) is 2.70. The summed E-state index contributed by atoms with van der Waals surface area (Å²) >= 11 is 1.75. The van der Waals surface area contributed by atoms with Gasteiger partial charge < -0.3 is 15.1 Å². The molecule has 1 amide bonds. The van der Waals surface area contributed by atoms with Gasteiger partial charge in [-0.1, -0.05) is 18.2 Å². The zero-order valence-corrected chi connectivity index (χ0v) is 17.7. The van der Waals surface area contributed by atoms with Gasteiger partial charge in [0.15, 0.2) is 0 Å². The molecule has 1 N–H and O–H groups in total. The summed E-state index contributed by atoms with van der Waals surface area (Å²) in [4.78, 5) is 26.4. The van der Waals surface area contributed by atoms with Crippen molar-refractivity contribution in [1.82, 2.24) is 14.9 Å². The predicted molar refractivity (Wildman–Crippen MR) is 117 cm³/mol. The molecular weight excluding hydrogens is 370 g/mol. The number of para-hydroxylation sites is 1. The first-order valence-corrected chi connectivity index (χ1v) is 11.1. The fraction of sp³-hybridized carbons (Fsp3) is 0.476. The molecule has 0 spiro atoms. The topological polar surface area (TPSA) is 61.4 Å². The molecule has 2 heterocycles. The molecule has 0 bridgehead atoms. The van der Waals surface area contributed by atoms with Crippen molar-refractivity contribution >= 4 is 29.3 Å². The summed E-state index contributed by atoms with van der Waals surface area (Å²) in [7, 11) is 0. The molecule has 1 aromatic carbocycles. The first kappa shape index (κ1) is 20.5. The van der Waals surface area contributed by atoms with Crippen LogP contribution in [0.25, 0.3) is 0 Å². The highest BCUT2D eigenvalue weighted by molar-refractivity contribution is 7.98. The second-order valence-corrected chi connectivity index (χ2v) is 8.09. The number of thioether (sulfide) groups is 1. The maximum absolute atomic E-state index is 13.2. The summed E-state index contributed by atoms with van der Waals surface area (Å²) in [6, 6.07) is 12.0. The van der Waals surface area contributed by atoms with E-state index in [0.29, 0.717) is 5.95 Å². The van der Waals surface area contributed by atoms with E-state index in [2.05, 4.69) is 50.7 Å². The van der Waals surface area contributed by atoms with Crippen LogP contribution in [0.2, 0.25) is 0 Å². The maximum atomic E-state index is 13.2. The van der Waals surface area contributed by atoms with Gasteiger partial charge in [0, 0.05) is 43.3 Å². The molecule has 0 radical (unpaired) electrons. The van der Waals surface area contributed by atoms with Crippen LogP contribution in [0.5, 0.6) is 0 Å². The number of aromatic nitrogens is 2. The number of amides is 1. The Balaban J connectivity index is 1.64. The van der Waals surface area contributed by atoms with Crippen LogP contribution in [0.15, 0.2) is 36.4 Å². The lowest BCUT2D eigenvalue weighted by molar-refractivity contribution is -0.132. The van der Waals surface area contributed by atoms with Crippen molar-refractivity contribution in [2.45, 2.75) is 26.3 Å². The first-order chi connectivity index (χ1) is 13.6. The summed E-state index contributed by atoms with van der Waals surface area (Å²) < 4.78 is 0. The van der Waals surface area contributed by atoms with Crippen LogP contribution >= 0.6 is 11.8 Å². The Kier molecular flexibility index (Phi) is 7.14. The van der Waals surface area contributed by atoms with Gasteiger partial charge in [0.1, 0.15) is 6.04 Å². The van der Waals surface area contributed by atoms with Crippen molar-refractivity contribution in [2.75, 3.05) is 48.4 Å². The summed E-state index contributed by atoms with van der Waals surface area (Å²) in [6.07, 6.45) is 2.82. The second-order valence-electron chi connectivity index (χ2n) is 7.10. The van der Waals surface area contributed by atoms with Gasteiger partial charge in [-0.2, -0.15) is 11.8 Å². The highest BCUT2D eigenvalue weighted by Gasteiger charge is 2.28. The van der Waals surface area contributed by atoms with Crippen molar-refractivity contribution < 1.29 is 4.79 Å². The van der Waals surface area contributed by atoms with Crippen LogP contribution < -0.4 is 10.2 Å². The molecule has 1 aliphatic heterocycles. The Morgan fingerprint density at radius 2 is 1.75 bits per heavy atom. The van der Waals surface area contributed by atoms with Gasteiger partial charge in [-0.05, 0) is 50.5 Å². The number of rotatable bonds is 7. The zero-order valence-electron chi connectivity index (χ0n) is 16.9. The van der Waals surface area contributed by atoms with Crippen LogP contribution in [0.1, 0.15) is 17.8 Å². The number of carbonyl (C=O) groups excluding carboxylic acids is 1. The molecule has 1 saturated heterocycles. The molecule has 0 saturated carbocycles. The molecule has 7 heteroatoms. The van der Waals surface area contributed by atoms with Crippen molar-refractivity contribution in [3.63, 3.8) is 0 Å². The van der Waals surface area contributed by atoms with E-state index in [9.17, 15) is 4.79 Å². The van der Waals surface area contributed by atoms with Gasteiger partial charge in [0.2, 0.25) is 11.9 Å². The second kappa shape index (κ2) is 9.78. The van der Waals surface area contributed by atoms with Gasteiger partial charge in [-0.25, -0.2) is 9.97 Å². The Bertz CT molecular complexity index is 757. The van der Waals surface area contributed by atoms with Crippen molar-refractivity contribution in [3.05, 3.63) is 47.8 Å². The van der Waals surface area contributed by atoms with E-state index in [1.165, 1.54) is 5.69 Å². The monoisotopic (exact) mass is 399 g/mol. The van der Waals surface area contributed by atoms with E-state index in [0.717, 1.165) is 49.7 Å². The number of nitrogens with one attached hydrogen (secondary N) is 1. The smallest absolute Gasteiger partial charge is 0.245 e. The van der Waals surface area contributed by atoms with Crippen LogP contribution in [0, 0.1) is 13.8 Å². The normalized spacial score (nSPS) is 15.4. The molecule has 6 nitrogen and oxygen atoms in total. The Morgan fingerprint density at radius 3 is 2.36 bits per heavy atom. The zero-order chi connectivity index (χ0) is 19.9. The van der Waals surface area contributed by atoms with Gasteiger partial charge >= 0.3 is 0 Å². The molecule has 1 atom stereocenters. The molecule has 150 valence electrons. The van der Waals surface area contributed by atoms with Crippen molar-refractivity contribution in [2.24, 2.45) is 0 Å². The lowest BCUT2D eigenvalue weighted by atomic mass is 10.1. The molecular formula is C21H29N5OS. The minimum atomic E-state index is -0.295. The van der Waals surface area contributed by atoms with Crippen LogP contribution in [0.4, 0.5) is 11.6 Å². The largest absolute Gasteiger partial charge is 0.368 e. The van der Waals surface area contributed by atoms with Crippen LogP contribution in [-0.2, 0) is 4.79 Å². The number of piperazine rings is 1. The number of aryl methyl sites for hydroxylation is 2. The maximum Gasteiger partial charge on any atom is 0.245 e. The van der Waals surface area contributed by atoms with Gasteiger partial charge in [-0.3, -0.25) is 4.79 Å². The van der Waals surface area contributed by atoms with E-state index < -0.39 is 0 Å². The van der Waals surface area contributed by atoms with Gasteiger partial charge in [0.25, 0.3) is 0 Å². The fourth-order valence-corrected chi connectivity index (χ4v) is 3.96. The molecule has 0 aliphatic carbocycles. The van der Waals surface area contributed by atoms with Crippen LogP contribution in [-0.4, -0.2) is 65.0 Å².